The molecule has 2 aromatic heterocycles. The van der Waals surface area contributed by atoms with Gasteiger partial charge >= 0.3 is 0 Å². The fraction of sp³-hybridized carbons (Fsp3) is 0.429. The highest BCUT2D eigenvalue weighted by Gasteiger charge is 2.23. The van der Waals surface area contributed by atoms with Gasteiger partial charge < -0.3 is 5.32 Å². The minimum atomic E-state index is -0.433. The van der Waals surface area contributed by atoms with Crippen LogP contribution < -0.4 is 10.9 Å². The second-order valence-corrected chi connectivity index (χ2v) is 8.57. The molecule has 8 heteroatoms. The van der Waals surface area contributed by atoms with Crippen molar-refractivity contribution in [3.63, 3.8) is 0 Å². The molecule has 7 nitrogen and oxygen atoms in total. The van der Waals surface area contributed by atoms with Gasteiger partial charge in [-0.3, -0.25) is 18.8 Å². The molecule has 0 aliphatic rings. The van der Waals surface area contributed by atoms with Crippen molar-refractivity contribution in [2.45, 2.75) is 57.5 Å². The number of anilines is 1. The highest BCUT2D eigenvalue weighted by atomic mass is 32.2. The van der Waals surface area contributed by atoms with Crippen molar-refractivity contribution < 1.29 is 4.79 Å². The molecule has 0 aliphatic carbocycles. The number of carbonyl (C=O) groups excluding carboxylic acids is 1. The Bertz CT molecular complexity index is 1120. The summed E-state index contributed by atoms with van der Waals surface area (Å²) in [7, 11) is 1.85. The Kier molecular flexibility index (Phi) is 6.12. The zero-order valence-corrected chi connectivity index (χ0v) is 18.5. The van der Waals surface area contributed by atoms with Gasteiger partial charge in [0.1, 0.15) is 0 Å². The highest BCUT2D eigenvalue weighted by molar-refractivity contribution is 8.00. The first kappa shape index (κ1) is 21.1. The van der Waals surface area contributed by atoms with E-state index in [9.17, 15) is 9.59 Å². The largest absolute Gasteiger partial charge is 0.322 e. The summed E-state index contributed by atoms with van der Waals surface area (Å²) in [6.07, 6.45) is 0.794. The quantitative estimate of drug-likeness (QED) is 0.490. The third-order valence-electron chi connectivity index (χ3n) is 5.22. The normalized spacial score (nSPS) is 13.4. The van der Waals surface area contributed by atoms with Gasteiger partial charge in [-0.15, -0.1) is 0 Å². The van der Waals surface area contributed by atoms with Gasteiger partial charge in [-0.05, 0) is 46.2 Å². The van der Waals surface area contributed by atoms with E-state index in [1.807, 2.05) is 59.9 Å². The molecule has 2 heterocycles. The van der Waals surface area contributed by atoms with Crippen LogP contribution in [0, 0.1) is 13.8 Å². The maximum Gasteiger partial charge on any atom is 0.262 e. The molecule has 1 aromatic carbocycles. The number of aryl methyl sites for hydroxylation is 2. The Balaban J connectivity index is 1.94. The molecule has 3 rings (SSSR count). The molecule has 0 aliphatic heterocycles. The van der Waals surface area contributed by atoms with E-state index in [4.69, 9.17) is 4.98 Å². The van der Waals surface area contributed by atoms with Crippen LogP contribution in [0.5, 0.6) is 0 Å². The van der Waals surface area contributed by atoms with Gasteiger partial charge in [-0.1, -0.05) is 30.8 Å². The number of rotatable bonds is 6. The summed E-state index contributed by atoms with van der Waals surface area (Å²) in [6, 6.07) is 7.31. The smallest absolute Gasteiger partial charge is 0.262 e. The Morgan fingerprint density at radius 3 is 2.55 bits per heavy atom. The van der Waals surface area contributed by atoms with E-state index in [2.05, 4.69) is 10.4 Å². The molecule has 2 atom stereocenters. The Hall–Kier alpha value is -2.61. The van der Waals surface area contributed by atoms with Crippen LogP contribution in [-0.2, 0) is 11.8 Å². The number of nitrogens with one attached hydrogen (secondary N) is 1. The first-order valence-corrected chi connectivity index (χ1v) is 10.6. The van der Waals surface area contributed by atoms with Gasteiger partial charge in [-0.2, -0.15) is 5.10 Å². The summed E-state index contributed by atoms with van der Waals surface area (Å²) in [5, 5.41) is 8.03. The van der Waals surface area contributed by atoms with E-state index < -0.39 is 5.25 Å². The number of thioether (sulfide) groups is 1. The van der Waals surface area contributed by atoms with Crippen molar-refractivity contribution in [2.24, 2.45) is 7.05 Å². The molecule has 0 spiro atoms. The number of hydrogen-bond acceptors (Lipinski definition) is 5. The Morgan fingerprint density at radius 1 is 1.24 bits per heavy atom. The predicted molar refractivity (Wildman–Crippen MR) is 118 cm³/mol. The summed E-state index contributed by atoms with van der Waals surface area (Å²) >= 11 is 1.30. The van der Waals surface area contributed by atoms with E-state index in [-0.39, 0.29) is 17.5 Å². The molecule has 0 unspecified atom stereocenters. The van der Waals surface area contributed by atoms with E-state index in [0.29, 0.717) is 16.1 Å². The van der Waals surface area contributed by atoms with Crippen molar-refractivity contribution in [3.05, 3.63) is 46.0 Å². The van der Waals surface area contributed by atoms with Crippen LogP contribution in [0.2, 0.25) is 0 Å². The summed E-state index contributed by atoms with van der Waals surface area (Å²) in [5.41, 5.74) is 2.98. The minimum Gasteiger partial charge on any atom is -0.322 e. The van der Waals surface area contributed by atoms with Crippen molar-refractivity contribution >= 4 is 34.3 Å². The maximum absolute atomic E-state index is 13.1. The number of hydrogen-bond donors (Lipinski definition) is 1. The Morgan fingerprint density at radius 2 is 1.93 bits per heavy atom. The van der Waals surface area contributed by atoms with Gasteiger partial charge in [0.25, 0.3) is 5.56 Å². The fourth-order valence-electron chi connectivity index (χ4n) is 3.17. The number of amides is 1. The molecule has 0 saturated heterocycles. The van der Waals surface area contributed by atoms with Gasteiger partial charge in [-0.25, -0.2) is 4.98 Å². The second-order valence-electron chi connectivity index (χ2n) is 7.26. The van der Waals surface area contributed by atoms with E-state index >= 15 is 0 Å². The standard InChI is InChI=1S/C21H27N5O2S/c1-7-12(2)26-20(28)16-10-8-9-11-17(16)22-21(26)29-15(5)19(27)23-18-13(3)24-25(6)14(18)4/h8-12,15H,7H2,1-6H3,(H,23,27)/t12-,15-/m1/s1. The predicted octanol–water partition coefficient (Wildman–Crippen LogP) is 3.84. The molecule has 29 heavy (non-hydrogen) atoms. The first-order chi connectivity index (χ1) is 13.7. The number of nitrogens with zero attached hydrogens (tertiary/aromatic N) is 4. The van der Waals surface area contributed by atoms with Gasteiger partial charge in [0.15, 0.2) is 5.16 Å². The lowest BCUT2D eigenvalue weighted by Gasteiger charge is -2.20. The minimum absolute atomic E-state index is 0.0137. The SMILES string of the molecule is CC[C@@H](C)n1c(S[C@H](C)C(=O)Nc2c(C)nn(C)c2C)nc2ccccc2c1=O. The highest BCUT2D eigenvalue weighted by Crippen LogP contribution is 2.27. The van der Waals surface area contributed by atoms with E-state index in [0.717, 1.165) is 23.5 Å². The Labute approximate surface area is 174 Å². The average molecular weight is 414 g/mol. The fourth-order valence-corrected chi connectivity index (χ4v) is 4.18. The third-order valence-corrected chi connectivity index (χ3v) is 6.28. The molecular formula is C21H27N5O2S. The average Bonchev–Trinajstić information content (AvgIpc) is 2.93. The van der Waals surface area contributed by atoms with Crippen molar-refractivity contribution in [3.8, 4) is 0 Å². The molecular weight excluding hydrogens is 386 g/mol. The van der Waals surface area contributed by atoms with Crippen molar-refractivity contribution in [2.75, 3.05) is 5.32 Å². The van der Waals surface area contributed by atoms with E-state index in [1.54, 1.807) is 15.3 Å². The molecule has 0 fully saturated rings. The summed E-state index contributed by atoms with van der Waals surface area (Å²) < 4.78 is 3.45. The topological polar surface area (TPSA) is 81.8 Å². The molecule has 3 aromatic rings. The van der Waals surface area contributed by atoms with Crippen LogP contribution >= 0.6 is 11.8 Å². The van der Waals surface area contributed by atoms with Crippen LogP contribution in [0.3, 0.4) is 0 Å². The molecule has 154 valence electrons. The zero-order valence-electron chi connectivity index (χ0n) is 17.7. The van der Waals surface area contributed by atoms with Crippen LogP contribution in [0.25, 0.3) is 10.9 Å². The van der Waals surface area contributed by atoms with E-state index in [1.165, 1.54) is 11.8 Å². The summed E-state index contributed by atoms with van der Waals surface area (Å²) in [4.78, 5) is 30.6. The number of aromatic nitrogens is 4. The third kappa shape index (κ3) is 4.07. The van der Waals surface area contributed by atoms with Crippen LogP contribution in [0.15, 0.2) is 34.2 Å². The lowest BCUT2D eigenvalue weighted by Crippen LogP contribution is -2.28. The summed E-state index contributed by atoms with van der Waals surface area (Å²) in [6.45, 7) is 9.63. The number of benzene rings is 1. The van der Waals surface area contributed by atoms with Crippen LogP contribution in [-0.4, -0.2) is 30.5 Å². The number of fused-ring (bicyclic) bond motifs is 1. The summed E-state index contributed by atoms with van der Waals surface area (Å²) in [5.74, 6) is -0.146. The van der Waals surface area contributed by atoms with Crippen LogP contribution in [0.4, 0.5) is 5.69 Å². The lowest BCUT2D eigenvalue weighted by atomic mass is 10.2. The van der Waals surface area contributed by atoms with Gasteiger partial charge in [0.05, 0.1) is 33.2 Å². The molecule has 1 N–H and O–H groups in total. The zero-order chi connectivity index (χ0) is 21.3. The van der Waals surface area contributed by atoms with Crippen molar-refractivity contribution in [1.29, 1.82) is 0 Å². The van der Waals surface area contributed by atoms with Crippen LogP contribution in [0.1, 0.15) is 44.6 Å². The second kappa shape index (κ2) is 8.41. The number of carbonyl (C=O) groups is 1. The molecule has 0 saturated carbocycles. The maximum atomic E-state index is 13.1. The first-order valence-electron chi connectivity index (χ1n) is 9.73. The number of para-hydroxylation sites is 1. The van der Waals surface area contributed by atoms with Gasteiger partial charge in [0.2, 0.25) is 5.91 Å². The lowest BCUT2D eigenvalue weighted by molar-refractivity contribution is -0.115. The monoisotopic (exact) mass is 413 g/mol. The van der Waals surface area contributed by atoms with Gasteiger partial charge in [0, 0.05) is 13.1 Å². The molecule has 0 bridgehead atoms. The van der Waals surface area contributed by atoms with Crippen molar-refractivity contribution in [1.82, 2.24) is 19.3 Å². The molecule has 0 radical (unpaired) electrons. The molecule has 1 amide bonds.